The fourth-order valence-corrected chi connectivity index (χ4v) is 7.80. The largest absolute Gasteiger partial charge is 0.485 e. The summed E-state index contributed by atoms with van der Waals surface area (Å²) in [7, 11) is -0.298. The zero-order valence-corrected chi connectivity index (χ0v) is 27.5. The maximum Gasteiger partial charge on any atom is 0.229 e. The predicted octanol–water partition coefficient (Wildman–Crippen LogP) is 5.79. The highest BCUT2D eigenvalue weighted by atomic mass is 35.5. The molecule has 0 saturated carbocycles. The topological polar surface area (TPSA) is 85.9 Å². The van der Waals surface area contributed by atoms with Crippen molar-refractivity contribution in [3.8, 4) is 5.75 Å². The van der Waals surface area contributed by atoms with Crippen molar-refractivity contribution in [1.29, 1.82) is 0 Å². The normalized spacial score (nSPS) is 19.6. The van der Waals surface area contributed by atoms with Crippen molar-refractivity contribution in [2.45, 2.75) is 44.8 Å². The van der Waals surface area contributed by atoms with Gasteiger partial charge in [-0.3, -0.25) is 4.90 Å². The number of halogens is 1. The number of piperazine rings is 1. The van der Waals surface area contributed by atoms with Crippen molar-refractivity contribution in [2.75, 3.05) is 75.2 Å². The number of fused-ring (bicyclic) bond motifs is 1. The molecule has 0 aliphatic carbocycles. The van der Waals surface area contributed by atoms with E-state index in [1.807, 2.05) is 24.3 Å². The first-order chi connectivity index (χ1) is 20.5. The Labute approximate surface area is 260 Å². The number of benzene rings is 2. The smallest absolute Gasteiger partial charge is 0.229 e. The molecular weight excluding hydrogens is 581 g/mol. The third-order valence-corrected chi connectivity index (χ3v) is 10.6. The molecule has 230 valence electrons. The fraction of sp³-hybridized carbons (Fsp3) is 0.500. The molecule has 1 aromatic heterocycles. The first kappa shape index (κ1) is 30.2. The molecule has 9 nitrogen and oxygen atoms in total. The lowest BCUT2D eigenvalue weighted by atomic mass is 9.96. The van der Waals surface area contributed by atoms with Crippen LogP contribution in [0.15, 0.2) is 42.6 Å². The minimum Gasteiger partial charge on any atom is -0.485 e. The van der Waals surface area contributed by atoms with Gasteiger partial charge in [-0.1, -0.05) is 23.7 Å². The van der Waals surface area contributed by atoms with E-state index in [9.17, 15) is 4.57 Å². The standard InChI is InChI=1S/C32H43ClN7O2P/c1-32(2)20-23-27(40-14-12-22(13-15-40)39-18-16-38(3)17-19-39)11-10-26(29(23)42-32)36-31-34-21-24(33)30(37-31)35-25-8-6-7-9-28(25)43(4,5)41/h6-11,21-22H,12-20H2,1-5H3,(H2,34,35,36,37). The molecule has 2 N–H and O–H groups in total. The highest BCUT2D eigenvalue weighted by molar-refractivity contribution is 7.70. The molecule has 0 radical (unpaired) electrons. The molecular formula is C32H43ClN7O2P. The first-order valence-corrected chi connectivity index (χ1v) is 18.2. The lowest BCUT2D eigenvalue weighted by Gasteiger charge is -2.43. The second-order valence-electron chi connectivity index (χ2n) is 13.0. The number of anilines is 5. The number of nitrogens with one attached hydrogen (secondary N) is 2. The number of piperidine rings is 1. The number of para-hydroxylation sites is 1. The number of likely N-dealkylation sites (N-methyl/N-ethyl adjacent to an activating group) is 1. The van der Waals surface area contributed by atoms with Crippen molar-refractivity contribution in [2.24, 2.45) is 0 Å². The summed E-state index contributed by atoms with van der Waals surface area (Å²) in [6.07, 6.45) is 4.78. The average Bonchev–Trinajstić information content (AvgIpc) is 3.30. The van der Waals surface area contributed by atoms with Crippen LogP contribution in [0.2, 0.25) is 5.02 Å². The zero-order chi connectivity index (χ0) is 30.4. The van der Waals surface area contributed by atoms with E-state index < -0.39 is 7.14 Å². The van der Waals surface area contributed by atoms with Gasteiger partial charge in [-0.15, -0.1) is 0 Å². The van der Waals surface area contributed by atoms with E-state index in [-0.39, 0.29) is 5.60 Å². The molecule has 43 heavy (non-hydrogen) atoms. The fourth-order valence-electron chi connectivity index (χ4n) is 6.51. The van der Waals surface area contributed by atoms with Gasteiger partial charge in [-0.2, -0.15) is 4.98 Å². The van der Waals surface area contributed by atoms with E-state index in [1.165, 1.54) is 37.2 Å². The van der Waals surface area contributed by atoms with Crippen LogP contribution in [0.4, 0.5) is 28.8 Å². The Morgan fingerprint density at radius 3 is 2.42 bits per heavy atom. The van der Waals surface area contributed by atoms with Gasteiger partial charge in [-0.25, -0.2) is 4.98 Å². The monoisotopic (exact) mass is 623 g/mol. The van der Waals surface area contributed by atoms with Gasteiger partial charge in [0.25, 0.3) is 0 Å². The summed E-state index contributed by atoms with van der Waals surface area (Å²) >= 11 is 6.50. The second-order valence-corrected chi connectivity index (χ2v) is 16.6. The maximum atomic E-state index is 12.9. The van der Waals surface area contributed by atoms with E-state index in [0.29, 0.717) is 28.5 Å². The third kappa shape index (κ3) is 6.65. The van der Waals surface area contributed by atoms with E-state index in [4.69, 9.17) is 16.3 Å². The number of rotatable bonds is 7. The quantitative estimate of drug-likeness (QED) is 0.317. The number of hydrogen-bond acceptors (Lipinski definition) is 9. The van der Waals surface area contributed by atoms with Crippen molar-refractivity contribution in [1.82, 2.24) is 19.8 Å². The van der Waals surface area contributed by atoms with Crippen molar-refractivity contribution < 1.29 is 9.30 Å². The molecule has 0 spiro atoms. The molecule has 3 aromatic rings. The van der Waals surface area contributed by atoms with Crippen molar-refractivity contribution in [3.63, 3.8) is 0 Å². The summed E-state index contributed by atoms with van der Waals surface area (Å²) in [5.74, 6) is 1.70. The van der Waals surface area contributed by atoms with Crippen molar-refractivity contribution in [3.05, 3.63) is 53.2 Å². The summed E-state index contributed by atoms with van der Waals surface area (Å²) < 4.78 is 19.4. The molecule has 4 heterocycles. The molecule has 0 amide bonds. The van der Waals surface area contributed by atoms with Gasteiger partial charge >= 0.3 is 0 Å². The van der Waals surface area contributed by atoms with Crippen molar-refractivity contribution >= 4 is 52.9 Å². The highest BCUT2D eigenvalue weighted by Gasteiger charge is 2.36. The number of ether oxygens (including phenoxy) is 1. The molecule has 0 atom stereocenters. The van der Waals surface area contributed by atoms with Crippen LogP contribution >= 0.6 is 18.7 Å². The number of hydrogen-bond donors (Lipinski definition) is 2. The molecule has 3 aliphatic heterocycles. The molecule has 11 heteroatoms. The molecule has 6 rings (SSSR count). The molecule has 2 saturated heterocycles. The van der Waals surface area contributed by atoms with Gasteiger partial charge in [0.15, 0.2) is 5.82 Å². The van der Waals surface area contributed by atoms with E-state index in [1.54, 1.807) is 19.5 Å². The number of nitrogens with zero attached hydrogens (tertiary/aromatic N) is 5. The van der Waals surface area contributed by atoms with Crippen LogP contribution in [0.25, 0.3) is 0 Å². The Morgan fingerprint density at radius 2 is 1.70 bits per heavy atom. The van der Waals surface area contributed by atoms with Gasteiger partial charge in [0.2, 0.25) is 5.95 Å². The second kappa shape index (κ2) is 11.9. The van der Waals surface area contributed by atoms with Crippen LogP contribution in [0.5, 0.6) is 5.75 Å². The molecule has 3 aliphatic rings. The zero-order valence-electron chi connectivity index (χ0n) is 25.9. The lowest BCUT2D eigenvalue weighted by molar-refractivity contribution is 0.0982. The van der Waals surface area contributed by atoms with Crippen LogP contribution < -0.4 is 25.6 Å². The molecule has 2 aromatic carbocycles. The summed E-state index contributed by atoms with van der Waals surface area (Å²) in [6, 6.07) is 12.5. The van der Waals surface area contributed by atoms with Gasteiger partial charge in [-0.05, 0) is 71.3 Å². The average molecular weight is 624 g/mol. The summed E-state index contributed by atoms with van der Waals surface area (Å²) in [4.78, 5) is 16.8. The minimum atomic E-state index is -2.52. The summed E-state index contributed by atoms with van der Waals surface area (Å²) in [6.45, 7) is 14.6. The van der Waals surface area contributed by atoms with E-state index in [2.05, 4.69) is 68.3 Å². The lowest BCUT2D eigenvalue weighted by Crippen LogP contribution is -2.52. The summed E-state index contributed by atoms with van der Waals surface area (Å²) in [5.41, 5.74) is 3.74. The van der Waals surface area contributed by atoms with Crippen LogP contribution in [0.3, 0.4) is 0 Å². The van der Waals surface area contributed by atoms with Crippen LogP contribution in [-0.2, 0) is 11.0 Å². The first-order valence-electron chi connectivity index (χ1n) is 15.2. The molecule has 0 bridgehead atoms. The predicted molar refractivity (Wildman–Crippen MR) is 178 cm³/mol. The Hall–Kier alpha value is -2.84. The van der Waals surface area contributed by atoms with Crippen LogP contribution in [0, 0.1) is 0 Å². The summed E-state index contributed by atoms with van der Waals surface area (Å²) in [5, 5.41) is 7.80. The Bertz CT molecular complexity index is 1530. The SMILES string of the molecule is CN1CCN(C2CCN(c3ccc(Nc4ncc(Cl)c(Nc5ccccc5P(C)(C)=O)n4)c4c3CC(C)(C)O4)CC2)CC1. The number of aromatic nitrogens is 2. The third-order valence-electron chi connectivity index (χ3n) is 8.80. The van der Waals surface area contributed by atoms with Gasteiger partial charge < -0.3 is 29.7 Å². The Morgan fingerprint density at radius 1 is 0.977 bits per heavy atom. The van der Waals surface area contributed by atoms with E-state index in [0.717, 1.165) is 49.3 Å². The Balaban J connectivity index is 1.21. The van der Waals surface area contributed by atoms with Gasteiger partial charge in [0.1, 0.15) is 23.5 Å². The Kier molecular flexibility index (Phi) is 8.37. The van der Waals surface area contributed by atoms with Gasteiger partial charge in [0, 0.05) is 68.3 Å². The molecule has 2 fully saturated rings. The van der Waals surface area contributed by atoms with Crippen LogP contribution in [-0.4, -0.2) is 91.1 Å². The highest BCUT2D eigenvalue weighted by Crippen LogP contribution is 2.47. The molecule has 0 unspecified atom stereocenters. The maximum absolute atomic E-state index is 12.9. The van der Waals surface area contributed by atoms with Gasteiger partial charge in [0.05, 0.1) is 17.6 Å². The minimum absolute atomic E-state index is 0.307. The van der Waals surface area contributed by atoms with Crippen LogP contribution in [0.1, 0.15) is 32.3 Å². The van der Waals surface area contributed by atoms with E-state index >= 15 is 0 Å².